The van der Waals surface area contributed by atoms with Crippen LogP contribution in [0.15, 0.2) is 78.9 Å². The van der Waals surface area contributed by atoms with Crippen molar-refractivity contribution in [3.63, 3.8) is 0 Å². The van der Waals surface area contributed by atoms with Crippen molar-refractivity contribution >= 4 is 27.5 Å². The Morgan fingerprint density at radius 3 is 2.22 bits per heavy atom. The number of nitrogens with one attached hydrogen (secondary N) is 1. The highest BCUT2D eigenvalue weighted by molar-refractivity contribution is 7.90. The fraction of sp³-hybridized carbons (Fsp3) is 0.323. The van der Waals surface area contributed by atoms with Gasteiger partial charge in [0.25, 0.3) is 0 Å². The maximum Gasteiger partial charge on any atom is 0.304 e. The van der Waals surface area contributed by atoms with Gasteiger partial charge in [-0.3, -0.25) is 15.0 Å². The molecular formula is C31H35N3O6S. The van der Waals surface area contributed by atoms with Gasteiger partial charge < -0.3 is 20.5 Å². The number of rotatable bonds is 13. The maximum absolute atomic E-state index is 13.7. The van der Waals surface area contributed by atoms with Crippen LogP contribution in [0.4, 0.5) is 0 Å². The van der Waals surface area contributed by atoms with Crippen molar-refractivity contribution in [3.8, 4) is 16.9 Å². The van der Waals surface area contributed by atoms with Crippen molar-refractivity contribution in [1.82, 2.24) is 4.90 Å². The van der Waals surface area contributed by atoms with Crippen LogP contribution in [0.5, 0.6) is 5.75 Å². The summed E-state index contributed by atoms with van der Waals surface area (Å²) in [6, 6.07) is 24.1. The Morgan fingerprint density at radius 1 is 1.05 bits per heavy atom. The normalized spacial score (nSPS) is 18.8. The zero-order valence-corrected chi connectivity index (χ0v) is 23.8. The van der Waals surface area contributed by atoms with E-state index in [0.29, 0.717) is 24.3 Å². The molecule has 1 aliphatic rings. The first-order chi connectivity index (χ1) is 19.5. The number of sulfone groups is 1. The number of carboxylic acids is 1. The number of hydrogen-bond donors (Lipinski definition) is 3. The molecule has 1 heterocycles. The van der Waals surface area contributed by atoms with Crippen molar-refractivity contribution in [1.29, 1.82) is 5.41 Å². The second-order valence-corrected chi connectivity index (χ2v) is 12.8. The first-order valence-electron chi connectivity index (χ1n) is 13.4. The molecule has 0 aromatic heterocycles. The summed E-state index contributed by atoms with van der Waals surface area (Å²) in [5.41, 5.74) is 7.66. The third kappa shape index (κ3) is 7.73. The van der Waals surface area contributed by atoms with Crippen LogP contribution in [0.2, 0.25) is 0 Å². The number of likely N-dealkylation sites (tertiary alicyclic amines) is 1. The van der Waals surface area contributed by atoms with E-state index in [1.807, 2.05) is 66.7 Å². The van der Waals surface area contributed by atoms with Crippen LogP contribution in [-0.2, 0) is 25.8 Å². The quantitative estimate of drug-likeness (QED) is 0.207. The number of nitrogens with two attached hydrogens (primary N) is 1. The van der Waals surface area contributed by atoms with E-state index in [1.165, 1.54) is 0 Å². The Hall–Kier alpha value is -4.18. The van der Waals surface area contributed by atoms with Gasteiger partial charge in [0, 0.05) is 18.4 Å². The molecule has 0 bridgehead atoms. The van der Waals surface area contributed by atoms with E-state index in [2.05, 4.69) is 0 Å². The molecule has 0 spiro atoms. The molecule has 4 N–H and O–H groups in total. The number of benzene rings is 3. The van der Waals surface area contributed by atoms with Crippen molar-refractivity contribution < 1.29 is 27.9 Å². The van der Waals surface area contributed by atoms with Crippen LogP contribution < -0.4 is 10.5 Å². The van der Waals surface area contributed by atoms with Gasteiger partial charge in [-0.1, -0.05) is 66.7 Å². The SMILES string of the molecule is CS(=O)(=O)C[C@@]1(CC(=O)O)C[C@@H](COc2ccc(-c3ccc(C(=N)N)cc3)cc2)N(CCCc2ccccc2)C1=O. The summed E-state index contributed by atoms with van der Waals surface area (Å²) in [4.78, 5) is 27.1. The average molecular weight is 578 g/mol. The Balaban J connectivity index is 1.50. The van der Waals surface area contributed by atoms with E-state index < -0.39 is 45.3 Å². The summed E-state index contributed by atoms with van der Waals surface area (Å²) >= 11 is 0. The lowest BCUT2D eigenvalue weighted by Crippen LogP contribution is -2.42. The number of carbonyl (C=O) groups is 2. The van der Waals surface area contributed by atoms with Crippen LogP contribution in [0.1, 0.15) is 30.4 Å². The van der Waals surface area contributed by atoms with Gasteiger partial charge in [-0.25, -0.2) is 8.42 Å². The van der Waals surface area contributed by atoms with E-state index >= 15 is 0 Å². The van der Waals surface area contributed by atoms with E-state index in [-0.39, 0.29) is 18.9 Å². The number of aliphatic carboxylic acids is 1. The van der Waals surface area contributed by atoms with Gasteiger partial charge in [0.05, 0.1) is 23.6 Å². The fourth-order valence-corrected chi connectivity index (χ4v) is 6.89. The van der Waals surface area contributed by atoms with Gasteiger partial charge >= 0.3 is 5.97 Å². The molecule has 216 valence electrons. The lowest BCUT2D eigenvalue weighted by molar-refractivity contribution is -0.146. The van der Waals surface area contributed by atoms with Crippen LogP contribution >= 0.6 is 0 Å². The predicted molar refractivity (Wildman–Crippen MR) is 158 cm³/mol. The highest BCUT2D eigenvalue weighted by atomic mass is 32.2. The standard InChI is InChI=1S/C31H35N3O6S/c1-41(38,39)21-31(19-28(35)36)18-26(34(30(31)37)17-5-8-22-6-3-2-4-7-22)20-40-27-15-13-24(14-16-27)23-9-11-25(12-10-23)29(32)33/h2-4,6-7,9-16,26H,5,8,17-21H2,1H3,(H3,32,33)(H,35,36)/t26-,31-/m0/s1. The van der Waals surface area contributed by atoms with Crippen LogP contribution in [0.3, 0.4) is 0 Å². The average Bonchev–Trinajstić information content (AvgIpc) is 3.16. The van der Waals surface area contributed by atoms with Crippen molar-refractivity contribution in [3.05, 3.63) is 90.0 Å². The van der Waals surface area contributed by atoms with Crippen molar-refractivity contribution in [2.45, 2.75) is 31.7 Å². The minimum absolute atomic E-state index is 0.00344. The first kappa shape index (κ1) is 29.8. The molecule has 1 fully saturated rings. The number of nitrogen functional groups attached to an aromatic ring is 1. The van der Waals surface area contributed by atoms with Gasteiger partial charge in [-0.2, -0.15) is 0 Å². The highest BCUT2D eigenvalue weighted by Crippen LogP contribution is 2.41. The Labute approximate surface area is 240 Å². The molecule has 1 amide bonds. The zero-order chi connectivity index (χ0) is 29.6. The molecule has 0 aliphatic carbocycles. The summed E-state index contributed by atoms with van der Waals surface area (Å²) in [5, 5.41) is 17.1. The highest BCUT2D eigenvalue weighted by Gasteiger charge is 2.54. The third-order valence-electron chi connectivity index (χ3n) is 7.34. The smallest absolute Gasteiger partial charge is 0.304 e. The summed E-state index contributed by atoms with van der Waals surface area (Å²) in [7, 11) is -3.63. The molecule has 1 aliphatic heterocycles. The number of hydrogen-bond acceptors (Lipinski definition) is 6. The fourth-order valence-electron chi connectivity index (χ4n) is 5.54. The number of ether oxygens (including phenoxy) is 1. The Kier molecular flexibility index (Phi) is 9.12. The van der Waals surface area contributed by atoms with Gasteiger partial charge in [0.2, 0.25) is 5.91 Å². The molecule has 41 heavy (non-hydrogen) atoms. The molecule has 3 aromatic carbocycles. The molecule has 10 heteroatoms. The zero-order valence-electron chi connectivity index (χ0n) is 23.0. The lowest BCUT2D eigenvalue weighted by Gasteiger charge is -2.26. The lowest BCUT2D eigenvalue weighted by atomic mass is 9.83. The Bertz CT molecular complexity index is 1490. The summed E-state index contributed by atoms with van der Waals surface area (Å²) < 4.78 is 30.7. The molecule has 2 atom stereocenters. The number of amides is 1. The van der Waals surface area contributed by atoms with E-state index in [0.717, 1.165) is 29.4 Å². The molecule has 0 radical (unpaired) electrons. The largest absolute Gasteiger partial charge is 0.491 e. The monoisotopic (exact) mass is 577 g/mol. The number of amidine groups is 1. The number of carbonyl (C=O) groups excluding carboxylic acids is 1. The maximum atomic E-state index is 13.7. The summed E-state index contributed by atoms with van der Waals surface area (Å²) in [6.45, 7) is 0.469. The van der Waals surface area contributed by atoms with Gasteiger partial charge in [0.15, 0.2) is 0 Å². The topological polar surface area (TPSA) is 151 Å². The second kappa shape index (κ2) is 12.6. The molecule has 0 unspecified atom stereocenters. The number of carboxylic acid groups (broad SMARTS) is 1. The Morgan fingerprint density at radius 2 is 1.66 bits per heavy atom. The molecule has 4 rings (SSSR count). The predicted octanol–water partition coefficient (Wildman–Crippen LogP) is 3.76. The molecule has 0 saturated carbocycles. The van der Waals surface area contributed by atoms with E-state index in [1.54, 1.807) is 17.0 Å². The van der Waals surface area contributed by atoms with Gasteiger partial charge in [-0.05, 0) is 48.1 Å². The molecular weight excluding hydrogens is 542 g/mol. The third-order valence-corrected chi connectivity index (χ3v) is 8.42. The van der Waals surface area contributed by atoms with Crippen molar-refractivity contribution in [2.75, 3.05) is 25.2 Å². The molecule has 1 saturated heterocycles. The second-order valence-electron chi connectivity index (χ2n) is 10.7. The van der Waals surface area contributed by atoms with Crippen LogP contribution in [0, 0.1) is 10.8 Å². The summed E-state index contributed by atoms with van der Waals surface area (Å²) in [6.07, 6.45) is 1.93. The minimum Gasteiger partial charge on any atom is -0.491 e. The number of nitrogens with zero attached hydrogens (tertiary/aromatic N) is 1. The first-order valence-corrected chi connectivity index (χ1v) is 15.4. The minimum atomic E-state index is -3.63. The number of aryl methyl sites for hydroxylation is 1. The van der Waals surface area contributed by atoms with E-state index in [4.69, 9.17) is 15.9 Å². The van der Waals surface area contributed by atoms with Crippen LogP contribution in [-0.4, -0.2) is 67.3 Å². The van der Waals surface area contributed by atoms with Crippen molar-refractivity contribution in [2.24, 2.45) is 11.1 Å². The van der Waals surface area contributed by atoms with Gasteiger partial charge in [0.1, 0.15) is 28.0 Å². The molecule has 3 aromatic rings. The molecule has 9 nitrogen and oxygen atoms in total. The van der Waals surface area contributed by atoms with Crippen LogP contribution in [0.25, 0.3) is 11.1 Å². The van der Waals surface area contributed by atoms with E-state index in [9.17, 15) is 23.1 Å². The summed E-state index contributed by atoms with van der Waals surface area (Å²) in [5.74, 6) is -1.60. The van der Waals surface area contributed by atoms with Gasteiger partial charge in [-0.15, -0.1) is 0 Å².